The summed E-state index contributed by atoms with van der Waals surface area (Å²) in [5, 5.41) is 5.91. The van der Waals surface area contributed by atoms with Crippen LogP contribution in [0.5, 0.6) is 0 Å². The van der Waals surface area contributed by atoms with Crippen LogP contribution in [0.4, 0.5) is 5.88 Å². The summed E-state index contributed by atoms with van der Waals surface area (Å²) in [6.45, 7) is 3.33. The third-order valence-corrected chi connectivity index (χ3v) is 1.41. The van der Waals surface area contributed by atoms with E-state index in [1.807, 2.05) is 0 Å². The highest BCUT2D eigenvalue weighted by molar-refractivity contribution is 5.86. The lowest BCUT2D eigenvalue weighted by molar-refractivity contribution is -0.752. The number of nitrogens with zero attached hydrogens (tertiary/aromatic N) is 2. The predicted molar refractivity (Wildman–Crippen MR) is 47.6 cm³/mol. The van der Waals surface area contributed by atoms with E-state index in [9.17, 15) is 9.59 Å². The van der Waals surface area contributed by atoms with E-state index in [1.165, 1.54) is 17.8 Å². The Morgan fingerprint density at radius 2 is 2.40 bits per heavy atom. The quantitative estimate of drug-likeness (QED) is 0.538. The molecule has 0 aromatic carbocycles. The highest BCUT2D eigenvalue weighted by atomic mass is 16.5. The molecular weight excluding hydrogens is 202 g/mol. The summed E-state index contributed by atoms with van der Waals surface area (Å²) in [6.07, 6.45) is 1.40. The van der Waals surface area contributed by atoms with Crippen molar-refractivity contribution >= 4 is 17.8 Å². The van der Waals surface area contributed by atoms with Gasteiger partial charge in [0.15, 0.2) is 0 Å². The summed E-state index contributed by atoms with van der Waals surface area (Å²) in [5.41, 5.74) is 0. The number of rotatable bonds is 4. The molecule has 1 rings (SSSR count). The van der Waals surface area contributed by atoms with Crippen LogP contribution in [-0.2, 0) is 20.9 Å². The average Bonchev–Trinajstić information content (AvgIpc) is 2.51. The Kier molecular flexibility index (Phi) is 3.78. The third kappa shape index (κ3) is 3.75. The number of nitrogens with one attached hydrogen (secondary N) is 1. The van der Waals surface area contributed by atoms with Crippen LogP contribution in [-0.4, -0.2) is 23.8 Å². The van der Waals surface area contributed by atoms with Crippen molar-refractivity contribution in [1.29, 1.82) is 0 Å². The van der Waals surface area contributed by atoms with E-state index >= 15 is 0 Å². The zero-order valence-electron chi connectivity index (χ0n) is 8.52. The van der Waals surface area contributed by atoms with E-state index in [1.54, 1.807) is 6.92 Å². The van der Waals surface area contributed by atoms with Gasteiger partial charge in [-0.2, -0.15) is 0 Å². The third-order valence-electron chi connectivity index (χ3n) is 1.41. The number of hydrogen-bond donors (Lipinski definition) is 1. The highest BCUT2D eigenvalue weighted by Gasteiger charge is 2.17. The fourth-order valence-electron chi connectivity index (χ4n) is 0.921. The lowest BCUT2D eigenvalue weighted by Crippen LogP contribution is -2.39. The normalized spacial score (nSPS) is 9.73. The molecule has 0 saturated heterocycles. The van der Waals surface area contributed by atoms with Crippen molar-refractivity contribution in [2.24, 2.45) is 0 Å². The van der Waals surface area contributed by atoms with Crippen molar-refractivity contribution < 1.29 is 23.5 Å². The number of hydrogen-bond acceptors (Lipinski definition) is 5. The van der Waals surface area contributed by atoms with Crippen molar-refractivity contribution in [3.63, 3.8) is 0 Å². The SMILES string of the molecule is CCOC(=O)C[n+]1cc(NC(C)=O)on1. The highest BCUT2D eigenvalue weighted by Crippen LogP contribution is 1.99. The molecule has 0 saturated carbocycles. The second kappa shape index (κ2) is 5.08. The first-order valence-electron chi connectivity index (χ1n) is 4.41. The molecule has 15 heavy (non-hydrogen) atoms. The van der Waals surface area contributed by atoms with Gasteiger partial charge in [0.2, 0.25) is 11.2 Å². The topological polar surface area (TPSA) is 85.3 Å². The van der Waals surface area contributed by atoms with Crippen molar-refractivity contribution in [2.45, 2.75) is 20.4 Å². The van der Waals surface area contributed by atoms with Gasteiger partial charge in [-0.25, -0.2) is 4.79 Å². The first-order chi connectivity index (χ1) is 7.11. The van der Waals surface area contributed by atoms with E-state index in [2.05, 4.69) is 10.6 Å². The van der Waals surface area contributed by atoms with Crippen LogP contribution >= 0.6 is 0 Å². The number of amides is 1. The molecule has 0 atom stereocenters. The zero-order chi connectivity index (χ0) is 11.3. The van der Waals surface area contributed by atoms with Crippen molar-refractivity contribution in [2.75, 3.05) is 11.9 Å². The molecule has 1 heterocycles. The van der Waals surface area contributed by atoms with Gasteiger partial charge in [0.25, 0.3) is 12.7 Å². The molecule has 0 spiro atoms. The Morgan fingerprint density at radius 1 is 1.67 bits per heavy atom. The molecule has 1 aromatic rings. The number of ether oxygens (including phenoxy) is 1. The Labute approximate surface area is 86.0 Å². The number of carbonyl (C=O) groups is 2. The van der Waals surface area contributed by atoms with Gasteiger partial charge in [-0.05, 0) is 11.6 Å². The van der Waals surface area contributed by atoms with Gasteiger partial charge in [0.05, 0.1) is 6.61 Å². The second-order valence-corrected chi connectivity index (χ2v) is 2.75. The van der Waals surface area contributed by atoms with E-state index < -0.39 is 5.97 Å². The van der Waals surface area contributed by atoms with Gasteiger partial charge in [-0.3, -0.25) is 14.6 Å². The summed E-state index contributed by atoms with van der Waals surface area (Å²) >= 11 is 0. The lowest BCUT2D eigenvalue weighted by Gasteiger charge is -1.93. The summed E-state index contributed by atoms with van der Waals surface area (Å²) in [6, 6.07) is 0. The molecule has 1 amide bonds. The summed E-state index contributed by atoms with van der Waals surface area (Å²) < 4.78 is 10.7. The Balaban J connectivity index is 2.52. The van der Waals surface area contributed by atoms with Crippen molar-refractivity contribution in [1.82, 2.24) is 5.27 Å². The van der Waals surface area contributed by atoms with Gasteiger partial charge in [-0.1, -0.05) is 0 Å². The maximum atomic E-state index is 11.0. The minimum absolute atomic E-state index is 0.0447. The van der Waals surface area contributed by atoms with Crippen LogP contribution < -0.4 is 10.00 Å². The first-order valence-corrected chi connectivity index (χ1v) is 4.41. The minimum atomic E-state index is -0.412. The van der Waals surface area contributed by atoms with Crippen LogP contribution in [0.1, 0.15) is 13.8 Å². The lowest BCUT2D eigenvalue weighted by atomic mass is 10.6. The second-order valence-electron chi connectivity index (χ2n) is 2.75. The van der Waals surface area contributed by atoms with Crippen molar-refractivity contribution in [3.8, 4) is 0 Å². The van der Waals surface area contributed by atoms with Crippen LogP contribution in [0.15, 0.2) is 10.7 Å². The Bertz CT molecular complexity index is 361. The molecule has 7 heteroatoms. The van der Waals surface area contributed by atoms with E-state index in [0.29, 0.717) is 6.61 Å². The fourth-order valence-corrected chi connectivity index (χ4v) is 0.921. The standard InChI is InChI=1S/C8H11N3O4/c1-3-14-8(13)5-11-4-7(15-10-11)9-6(2)12/h4H,3,5H2,1-2H3/p+1. The molecular formula is C8H12N3O4+. The summed E-state index contributed by atoms with van der Waals surface area (Å²) in [5.74, 6) is -0.494. The van der Waals surface area contributed by atoms with Crippen LogP contribution in [0, 0.1) is 0 Å². The predicted octanol–water partition coefficient (Wildman–Crippen LogP) is -0.516. The minimum Gasteiger partial charge on any atom is -0.461 e. The van der Waals surface area contributed by atoms with Gasteiger partial charge in [0, 0.05) is 6.92 Å². The van der Waals surface area contributed by atoms with Crippen LogP contribution in [0.3, 0.4) is 0 Å². The number of esters is 1. The molecule has 1 aromatic heterocycles. The Hall–Kier alpha value is -1.92. The molecule has 0 fully saturated rings. The van der Waals surface area contributed by atoms with Crippen molar-refractivity contribution in [3.05, 3.63) is 6.20 Å². The molecule has 1 N–H and O–H groups in total. The first kappa shape index (κ1) is 11.2. The van der Waals surface area contributed by atoms with E-state index in [4.69, 9.17) is 9.26 Å². The van der Waals surface area contributed by atoms with Gasteiger partial charge < -0.3 is 4.74 Å². The Morgan fingerprint density at radius 3 is 3.00 bits per heavy atom. The molecule has 0 aliphatic carbocycles. The fraction of sp³-hybridized carbons (Fsp3) is 0.500. The van der Waals surface area contributed by atoms with E-state index in [-0.39, 0.29) is 18.3 Å². The molecule has 7 nitrogen and oxygen atoms in total. The maximum absolute atomic E-state index is 11.0. The zero-order valence-corrected chi connectivity index (χ0v) is 8.52. The number of carbonyl (C=O) groups excluding carboxylic acids is 2. The number of aromatic nitrogens is 2. The largest absolute Gasteiger partial charge is 0.461 e. The summed E-state index contributed by atoms with van der Waals surface area (Å²) in [4.78, 5) is 21.7. The van der Waals surface area contributed by atoms with Crippen LogP contribution in [0.2, 0.25) is 0 Å². The molecule has 0 unspecified atom stereocenters. The molecule has 0 bridgehead atoms. The van der Waals surface area contributed by atoms with Gasteiger partial charge in [-0.15, -0.1) is 0 Å². The van der Waals surface area contributed by atoms with Gasteiger partial charge >= 0.3 is 11.9 Å². The molecule has 0 aliphatic rings. The average molecular weight is 214 g/mol. The van der Waals surface area contributed by atoms with Crippen LogP contribution in [0.25, 0.3) is 0 Å². The van der Waals surface area contributed by atoms with E-state index in [0.717, 1.165) is 0 Å². The number of anilines is 1. The molecule has 0 radical (unpaired) electrons. The monoisotopic (exact) mass is 214 g/mol. The molecule has 82 valence electrons. The maximum Gasteiger partial charge on any atom is 0.375 e. The smallest absolute Gasteiger partial charge is 0.375 e. The summed E-state index contributed by atoms with van der Waals surface area (Å²) in [7, 11) is 0. The van der Waals surface area contributed by atoms with Gasteiger partial charge in [0.1, 0.15) is 0 Å². The molecule has 0 aliphatic heterocycles.